The molecule has 0 bridgehead atoms. The maximum Gasteiger partial charge on any atom is 0.135 e. The molecule has 304 valence electrons. The Morgan fingerprint density at radius 1 is 0.338 bits per heavy atom. The molecule has 65 heavy (non-hydrogen) atoms. The third kappa shape index (κ3) is 5.74. The molecule has 1 aliphatic rings. The van der Waals surface area contributed by atoms with E-state index in [9.17, 15) is 0 Å². The first-order chi connectivity index (χ1) is 32.2. The van der Waals surface area contributed by atoms with Crippen molar-refractivity contribution in [3.8, 4) is 33.4 Å². The van der Waals surface area contributed by atoms with Gasteiger partial charge in [0.05, 0.1) is 11.1 Å². The highest BCUT2D eigenvalue weighted by Gasteiger charge is 2.46. The van der Waals surface area contributed by atoms with Gasteiger partial charge < -0.3 is 9.32 Å². The maximum absolute atomic E-state index is 6.17. The molecule has 12 aromatic rings. The molecule has 0 aliphatic heterocycles. The van der Waals surface area contributed by atoms with Gasteiger partial charge in [0.1, 0.15) is 11.2 Å². The van der Waals surface area contributed by atoms with E-state index < -0.39 is 5.41 Å². The molecule has 0 amide bonds. The zero-order chi connectivity index (χ0) is 42.9. The number of rotatable bonds is 7. The van der Waals surface area contributed by atoms with Gasteiger partial charge >= 0.3 is 0 Å². The summed E-state index contributed by atoms with van der Waals surface area (Å²) in [5, 5.41) is 7.16. The van der Waals surface area contributed by atoms with Crippen LogP contribution in [0.3, 0.4) is 0 Å². The summed E-state index contributed by atoms with van der Waals surface area (Å²) in [5.41, 5.74) is 17.1. The highest BCUT2D eigenvalue weighted by Crippen LogP contribution is 2.58. The van der Waals surface area contributed by atoms with Crippen LogP contribution >= 0.6 is 0 Å². The summed E-state index contributed by atoms with van der Waals surface area (Å²) >= 11 is 0. The quantitative estimate of drug-likeness (QED) is 0.149. The Morgan fingerprint density at radius 3 is 1.66 bits per heavy atom. The van der Waals surface area contributed by atoms with E-state index >= 15 is 0 Å². The van der Waals surface area contributed by atoms with Crippen LogP contribution in [0.1, 0.15) is 22.3 Å². The molecular formula is C63H41NO. The molecule has 0 fully saturated rings. The zero-order valence-electron chi connectivity index (χ0n) is 35.5. The van der Waals surface area contributed by atoms with Gasteiger partial charge in [0.15, 0.2) is 0 Å². The van der Waals surface area contributed by atoms with Crippen LogP contribution in [0.4, 0.5) is 17.1 Å². The third-order valence-corrected chi connectivity index (χ3v) is 13.7. The number of furan rings is 1. The van der Waals surface area contributed by atoms with Crippen LogP contribution in [0, 0.1) is 0 Å². The van der Waals surface area contributed by atoms with Crippen molar-refractivity contribution in [2.75, 3.05) is 4.90 Å². The molecule has 2 nitrogen and oxygen atoms in total. The van der Waals surface area contributed by atoms with Crippen molar-refractivity contribution in [3.63, 3.8) is 0 Å². The van der Waals surface area contributed by atoms with E-state index in [1.54, 1.807) is 0 Å². The van der Waals surface area contributed by atoms with E-state index in [1.807, 2.05) is 12.1 Å². The van der Waals surface area contributed by atoms with Gasteiger partial charge in [-0.2, -0.15) is 0 Å². The first-order valence-electron chi connectivity index (χ1n) is 22.4. The number of para-hydroxylation sites is 1. The number of fused-ring (bicyclic) bond motifs is 9. The highest BCUT2D eigenvalue weighted by atomic mass is 16.3. The van der Waals surface area contributed by atoms with Crippen LogP contribution < -0.4 is 4.90 Å². The number of anilines is 3. The lowest BCUT2D eigenvalue weighted by atomic mass is 9.67. The predicted molar refractivity (Wildman–Crippen MR) is 272 cm³/mol. The monoisotopic (exact) mass is 827 g/mol. The zero-order valence-corrected chi connectivity index (χ0v) is 35.5. The minimum atomic E-state index is -0.456. The fourth-order valence-corrected chi connectivity index (χ4v) is 10.9. The molecule has 0 unspecified atom stereocenters. The summed E-state index contributed by atoms with van der Waals surface area (Å²) < 4.78 is 6.17. The summed E-state index contributed by atoms with van der Waals surface area (Å²) in [4.78, 5) is 2.43. The molecule has 1 heterocycles. The van der Waals surface area contributed by atoms with Crippen molar-refractivity contribution < 1.29 is 4.42 Å². The summed E-state index contributed by atoms with van der Waals surface area (Å²) in [7, 11) is 0. The molecule has 0 spiro atoms. The van der Waals surface area contributed by atoms with Crippen LogP contribution in [0.2, 0.25) is 0 Å². The Bertz CT molecular complexity index is 3710. The van der Waals surface area contributed by atoms with Crippen molar-refractivity contribution in [3.05, 3.63) is 271 Å². The molecule has 1 aromatic heterocycles. The topological polar surface area (TPSA) is 16.4 Å². The van der Waals surface area contributed by atoms with E-state index in [0.29, 0.717) is 0 Å². The molecule has 0 saturated carbocycles. The van der Waals surface area contributed by atoms with Crippen LogP contribution in [0.5, 0.6) is 0 Å². The lowest BCUT2D eigenvalue weighted by molar-refractivity contribution is 0.669. The van der Waals surface area contributed by atoms with E-state index in [2.05, 4.69) is 241 Å². The molecule has 13 rings (SSSR count). The second-order valence-corrected chi connectivity index (χ2v) is 17.2. The van der Waals surface area contributed by atoms with Gasteiger partial charge in [0, 0.05) is 27.5 Å². The third-order valence-electron chi connectivity index (χ3n) is 13.7. The Kier molecular flexibility index (Phi) is 8.47. The molecule has 0 N–H and O–H groups in total. The fourth-order valence-electron chi connectivity index (χ4n) is 10.9. The fraction of sp³-hybridized carbons (Fsp3) is 0.0159. The lowest BCUT2D eigenvalue weighted by Gasteiger charge is -2.34. The van der Waals surface area contributed by atoms with Crippen LogP contribution in [-0.4, -0.2) is 0 Å². The smallest absolute Gasteiger partial charge is 0.135 e. The van der Waals surface area contributed by atoms with E-state index in [1.165, 1.54) is 66.1 Å². The molecule has 2 heteroatoms. The van der Waals surface area contributed by atoms with Gasteiger partial charge in [-0.3, -0.25) is 0 Å². The van der Waals surface area contributed by atoms with Crippen molar-refractivity contribution in [1.29, 1.82) is 0 Å². The number of hydrogen-bond acceptors (Lipinski definition) is 2. The van der Waals surface area contributed by atoms with Gasteiger partial charge in [0.25, 0.3) is 0 Å². The lowest BCUT2D eigenvalue weighted by Crippen LogP contribution is -2.28. The first-order valence-corrected chi connectivity index (χ1v) is 22.4. The summed E-state index contributed by atoms with van der Waals surface area (Å²) in [6.45, 7) is 0. The number of benzene rings is 11. The van der Waals surface area contributed by atoms with E-state index in [4.69, 9.17) is 4.42 Å². The molecule has 1 aliphatic carbocycles. The van der Waals surface area contributed by atoms with Crippen molar-refractivity contribution in [1.82, 2.24) is 0 Å². The molecule has 11 aromatic carbocycles. The normalized spacial score (nSPS) is 12.7. The Hall–Kier alpha value is -8.46. The molecule has 0 atom stereocenters. The van der Waals surface area contributed by atoms with E-state index in [-0.39, 0.29) is 0 Å². The maximum atomic E-state index is 6.17. The highest BCUT2D eigenvalue weighted by molar-refractivity contribution is 6.15. The minimum Gasteiger partial charge on any atom is -0.456 e. The predicted octanol–water partition coefficient (Wildman–Crippen LogP) is 17.1. The van der Waals surface area contributed by atoms with E-state index in [0.717, 1.165) is 50.1 Å². The average molecular weight is 828 g/mol. The minimum absolute atomic E-state index is 0.456. The number of nitrogens with zero attached hydrogens (tertiary/aromatic N) is 1. The Labute approximate surface area is 377 Å². The van der Waals surface area contributed by atoms with Gasteiger partial charge in [-0.15, -0.1) is 0 Å². The van der Waals surface area contributed by atoms with Gasteiger partial charge in [-0.25, -0.2) is 0 Å². The second kappa shape index (κ2) is 14.8. The number of hydrogen-bond donors (Lipinski definition) is 0. The second-order valence-electron chi connectivity index (χ2n) is 17.2. The summed E-state index contributed by atoms with van der Waals surface area (Å²) in [5.74, 6) is 0. The van der Waals surface area contributed by atoms with Gasteiger partial charge in [0.2, 0.25) is 0 Å². The standard InChI is InChI=1S/C63H41NO/c1-3-17-47(18-4-1)63(48-19-5-2-6-20-48)56-25-11-9-23-54(56)62-52(24-14-26-57(62)63)44-33-38-50(39-34-44)64(58-27-13-16-45-30-29-43-15-7-8-21-51(43)61(45)58)49-36-31-42(32-37-49)46-35-40-60-55(41-46)53-22-10-12-28-59(53)65-60/h1-41H. The van der Waals surface area contributed by atoms with Crippen LogP contribution in [0.25, 0.3) is 76.9 Å². The molecule has 0 radical (unpaired) electrons. The van der Waals surface area contributed by atoms with Gasteiger partial charge in [-0.1, -0.05) is 200 Å². The SMILES string of the molecule is c1ccc(C2(c3ccccc3)c3ccccc3-c3c(-c4ccc(N(c5ccc(-c6ccc7oc8ccccc8c7c6)cc5)c5cccc6ccc7ccccc7c56)cc4)cccc32)cc1. The largest absolute Gasteiger partial charge is 0.456 e. The molecular weight excluding hydrogens is 787 g/mol. The van der Waals surface area contributed by atoms with Crippen molar-refractivity contribution >= 4 is 60.5 Å². The first kappa shape index (κ1) is 37.1. The Morgan fingerprint density at radius 2 is 0.892 bits per heavy atom. The Balaban J connectivity index is 0.967. The summed E-state index contributed by atoms with van der Waals surface area (Å²) in [6.07, 6.45) is 0. The van der Waals surface area contributed by atoms with Crippen LogP contribution in [0.15, 0.2) is 253 Å². The van der Waals surface area contributed by atoms with Crippen molar-refractivity contribution in [2.45, 2.75) is 5.41 Å². The summed E-state index contributed by atoms with van der Waals surface area (Å²) in [6, 6.07) is 90.9. The van der Waals surface area contributed by atoms with Crippen LogP contribution in [-0.2, 0) is 5.41 Å². The average Bonchev–Trinajstić information content (AvgIpc) is 3.91. The van der Waals surface area contributed by atoms with Gasteiger partial charge in [-0.05, 0) is 120 Å². The van der Waals surface area contributed by atoms with Crippen molar-refractivity contribution in [2.24, 2.45) is 0 Å². The molecule has 0 saturated heterocycles.